The molecule has 0 saturated heterocycles. The third kappa shape index (κ3) is 1.85. The lowest BCUT2D eigenvalue weighted by Crippen LogP contribution is -2.09. The molecule has 0 spiro atoms. The first-order chi connectivity index (χ1) is 4.29. The lowest BCUT2D eigenvalue weighted by Gasteiger charge is -2.02. The van der Waals surface area contributed by atoms with Crippen LogP contribution in [0.15, 0.2) is 18.7 Å². The maximum atomic E-state index is 8.76. The summed E-state index contributed by atoms with van der Waals surface area (Å²) in [6.45, 7) is 3.93. The van der Waals surface area contributed by atoms with E-state index in [0.29, 0.717) is 6.54 Å². The summed E-state index contributed by atoms with van der Waals surface area (Å²) < 4.78 is 1.78. The van der Waals surface area contributed by atoms with Crippen LogP contribution in [0.4, 0.5) is 0 Å². The molecule has 1 heterocycles. The number of hydrogen-bond acceptors (Lipinski definition) is 2. The molecule has 0 amide bonds. The first kappa shape index (κ1) is 6.29. The van der Waals surface area contributed by atoms with Crippen LogP contribution in [0.3, 0.4) is 0 Å². The van der Waals surface area contributed by atoms with Crippen molar-refractivity contribution in [3.8, 4) is 0 Å². The van der Waals surface area contributed by atoms with E-state index in [1.54, 1.807) is 23.3 Å². The molecular weight excluding hydrogens is 116 g/mol. The van der Waals surface area contributed by atoms with E-state index in [4.69, 9.17) is 5.11 Å². The maximum absolute atomic E-state index is 8.76. The zero-order valence-corrected chi connectivity index (χ0v) is 5.07. The van der Waals surface area contributed by atoms with E-state index in [0.717, 1.165) is 0 Å². The van der Waals surface area contributed by atoms with Gasteiger partial charge in [0.1, 0.15) is 0 Å². The van der Waals surface area contributed by atoms with Crippen LogP contribution in [0.2, 0.25) is 0 Å². The molecule has 0 aliphatic heterocycles. The van der Waals surface area contributed by atoms with Crippen molar-refractivity contribution in [3.05, 3.63) is 25.6 Å². The van der Waals surface area contributed by atoms with E-state index in [1.807, 2.05) is 0 Å². The molecule has 0 saturated carbocycles. The van der Waals surface area contributed by atoms with Crippen LogP contribution in [0.1, 0.15) is 0 Å². The van der Waals surface area contributed by atoms with E-state index in [2.05, 4.69) is 11.9 Å². The highest BCUT2D eigenvalue weighted by Gasteiger charge is 1.94. The van der Waals surface area contributed by atoms with Crippen LogP contribution in [0.5, 0.6) is 0 Å². The minimum absolute atomic E-state index is 0.514. The summed E-state index contributed by atoms with van der Waals surface area (Å²) >= 11 is 0. The van der Waals surface area contributed by atoms with E-state index >= 15 is 0 Å². The normalized spacial score (nSPS) is 13.6. The highest BCUT2D eigenvalue weighted by Crippen LogP contribution is 1.88. The molecule has 49 valence electrons. The minimum Gasteiger partial charge on any atom is -0.391 e. The van der Waals surface area contributed by atoms with Gasteiger partial charge < -0.3 is 9.67 Å². The molecule has 0 aliphatic carbocycles. The average molecular weight is 125 g/mol. The summed E-state index contributed by atoms with van der Waals surface area (Å²) in [5.41, 5.74) is 0. The van der Waals surface area contributed by atoms with Crippen LogP contribution in [-0.2, 0) is 6.54 Å². The quantitative estimate of drug-likeness (QED) is 0.607. The van der Waals surface area contributed by atoms with Gasteiger partial charge in [-0.2, -0.15) is 0 Å². The third-order valence-corrected chi connectivity index (χ3v) is 0.981. The fourth-order valence-electron chi connectivity index (χ4n) is 0.638. The lowest BCUT2D eigenvalue weighted by atomic mass is 10.4. The molecule has 3 nitrogen and oxygen atoms in total. The molecule has 1 N–H and O–H groups in total. The highest BCUT2D eigenvalue weighted by molar-refractivity contribution is 4.75. The molecular formula is C6H9N2O. The Morgan fingerprint density at radius 1 is 1.78 bits per heavy atom. The van der Waals surface area contributed by atoms with E-state index < -0.39 is 6.10 Å². The first-order valence-electron chi connectivity index (χ1n) is 2.76. The molecule has 0 bridgehead atoms. The Labute approximate surface area is 54.0 Å². The molecule has 1 rings (SSSR count). The van der Waals surface area contributed by atoms with Gasteiger partial charge in [0.25, 0.3) is 0 Å². The van der Waals surface area contributed by atoms with Crippen molar-refractivity contribution >= 4 is 0 Å². The molecule has 1 aromatic rings. The fourth-order valence-corrected chi connectivity index (χ4v) is 0.638. The van der Waals surface area contributed by atoms with Gasteiger partial charge >= 0.3 is 0 Å². The molecule has 1 aromatic heterocycles. The Morgan fingerprint density at radius 2 is 2.56 bits per heavy atom. The van der Waals surface area contributed by atoms with Crippen LogP contribution < -0.4 is 0 Å². The standard InChI is InChI=1S/C6H9N2O/c1-6(9)4-8-3-2-7-5-8/h2-3,5-6,9H,1,4H2. The molecule has 1 unspecified atom stereocenters. The zero-order chi connectivity index (χ0) is 6.69. The summed E-state index contributed by atoms with van der Waals surface area (Å²) in [6.07, 6.45) is 4.56. The van der Waals surface area contributed by atoms with Crippen molar-refractivity contribution in [2.45, 2.75) is 12.6 Å². The SMILES string of the molecule is [CH2]C(O)Cn1ccnc1. The van der Waals surface area contributed by atoms with Gasteiger partial charge in [0.2, 0.25) is 0 Å². The lowest BCUT2D eigenvalue weighted by molar-refractivity contribution is 0.198. The first-order valence-corrected chi connectivity index (χ1v) is 2.76. The van der Waals surface area contributed by atoms with Crippen molar-refractivity contribution in [3.63, 3.8) is 0 Å². The Hall–Kier alpha value is -0.830. The number of hydrogen-bond donors (Lipinski definition) is 1. The molecule has 1 radical (unpaired) electrons. The fraction of sp³-hybridized carbons (Fsp3) is 0.333. The molecule has 0 fully saturated rings. The van der Waals surface area contributed by atoms with Crippen molar-refractivity contribution in [1.29, 1.82) is 0 Å². The van der Waals surface area contributed by atoms with Crippen molar-refractivity contribution in [1.82, 2.24) is 9.55 Å². The Morgan fingerprint density at radius 3 is 3.00 bits per heavy atom. The second-order valence-electron chi connectivity index (χ2n) is 1.91. The van der Waals surface area contributed by atoms with Crippen molar-refractivity contribution < 1.29 is 5.11 Å². The van der Waals surface area contributed by atoms with E-state index in [1.165, 1.54) is 0 Å². The van der Waals surface area contributed by atoms with Crippen molar-refractivity contribution in [2.24, 2.45) is 0 Å². The smallest absolute Gasteiger partial charge is 0.0946 e. The topological polar surface area (TPSA) is 38.0 Å². The Balaban J connectivity index is 2.48. The second kappa shape index (κ2) is 2.64. The summed E-state index contributed by atoms with van der Waals surface area (Å²) in [5.74, 6) is 0. The predicted octanol–water partition coefficient (Wildman–Crippen LogP) is 0.0781. The number of aliphatic hydroxyl groups excluding tert-OH is 1. The summed E-state index contributed by atoms with van der Waals surface area (Å²) in [5, 5.41) is 8.76. The van der Waals surface area contributed by atoms with Gasteiger partial charge in [-0.25, -0.2) is 4.98 Å². The molecule has 0 aliphatic rings. The van der Waals surface area contributed by atoms with Gasteiger partial charge in [-0.3, -0.25) is 0 Å². The van der Waals surface area contributed by atoms with E-state index in [9.17, 15) is 0 Å². The van der Waals surface area contributed by atoms with Gasteiger partial charge in [0, 0.05) is 18.9 Å². The van der Waals surface area contributed by atoms with Gasteiger partial charge in [0.15, 0.2) is 0 Å². The number of aromatic nitrogens is 2. The van der Waals surface area contributed by atoms with Crippen LogP contribution in [0, 0.1) is 6.92 Å². The number of rotatable bonds is 2. The number of aliphatic hydroxyl groups is 1. The van der Waals surface area contributed by atoms with Crippen molar-refractivity contribution in [2.75, 3.05) is 0 Å². The Bertz CT molecular complexity index is 158. The summed E-state index contributed by atoms with van der Waals surface area (Å²) in [4.78, 5) is 3.80. The molecule has 3 heteroatoms. The van der Waals surface area contributed by atoms with Crippen LogP contribution in [-0.4, -0.2) is 20.8 Å². The largest absolute Gasteiger partial charge is 0.391 e. The third-order valence-electron chi connectivity index (χ3n) is 0.981. The van der Waals surface area contributed by atoms with Crippen LogP contribution >= 0.6 is 0 Å². The number of imidazole rings is 1. The maximum Gasteiger partial charge on any atom is 0.0946 e. The van der Waals surface area contributed by atoms with Gasteiger partial charge in [-0.05, 0) is 6.92 Å². The molecule has 0 aromatic carbocycles. The highest BCUT2D eigenvalue weighted by atomic mass is 16.3. The van der Waals surface area contributed by atoms with Gasteiger partial charge in [0.05, 0.1) is 12.4 Å². The Kier molecular flexibility index (Phi) is 1.85. The monoisotopic (exact) mass is 125 g/mol. The molecule has 9 heavy (non-hydrogen) atoms. The zero-order valence-electron chi connectivity index (χ0n) is 5.07. The summed E-state index contributed by atoms with van der Waals surface area (Å²) in [7, 11) is 0. The summed E-state index contributed by atoms with van der Waals surface area (Å²) in [6, 6.07) is 0. The predicted molar refractivity (Wildman–Crippen MR) is 33.6 cm³/mol. The molecule has 1 atom stereocenters. The number of nitrogens with zero attached hydrogens (tertiary/aromatic N) is 2. The average Bonchev–Trinajstić information content (AvgIpc) is 2.15. The van der Waals surface area contributed by atoms with Gasteiger partial charge in [-0.1, -0.05) is 0 Å². The van der Waals surface area contributed by atoms with E-state index in [-0.39, 0.29) is 0 Å². The second-order valence-corrected chi connectivity index (χ2v) is 1.91. The minimum atomic E-state index is -0.542. The van der Waals surface area contributed by atoms with Gasteiger partial charge in [-0.15, -0.1) is 0 Å². The van der Waals surface area contributed by atoms with Crippen LogP contribution in [0.25, 0.3) is 0 Å².